The first kappa shape index (κ1) is 17.6. The van der Waals surface area contributed by atoms with Crippen molar-refractivity contribution in [2.75, 3.05) is 32.0 Å². The van der Waals surface area contributed by atoms with Crippen LogP contribution in [0.4, 0.5) is 0 Å². The fourth-order valence-corrected chi connectivity index (χ4v) is 5.33. The lowest BCUT2D eigenvalue weighted by Gasteiger charge is -2.36. The standard InChI is InChI=1S/C18H32N2O2S/c21-18(14-22-16-7-2-1-3-8-16)20(13-17-9-5-11-23-17)15-6-4-10-19-12-15/h15-17,19H,1-14H2. The number of rotatable bonds is 6. The van der Waals surface area contributed by atoms with E-state index in [1.54, 1.807) is 0 Å². The zero-order valence-electron chi connectivity index (χ0n) is 14.3. The second-order valence-electron chi connectivity index (χ2n) is 7.25. The Morgan fingerprint density at radius 1 is 1.09 bits per heavy atom. The first-order chi connectivity index (χ1) is 11.3. The van der Waals surface area contributed by atoms with Gasteiger partial charge in [0.15, 0.2) is 0 Å². The molecule has 3 rings (SSSR count). The number of ether oxygens (including phenoxy) is 1. The van der Waals surface area contributed by atoms with Gasteiger partial charge in [0.05, 0.1) is 6.10 Å². The monoisotopic (exact) mass is 340 g/mol. The van der Waals surface area contributed by atoms with E-state index in [1.807, 2.05) is 11.8 Å². The van der Waals surface area contributed by atoms with E-state index in [9.17, 15) is 4.79 Å². The minimum atomic E-state index is 0.219. The maximum atomic E-state index is 12.8. The molecule has 0 radical (unpaired) electrons. The smallest absolute Gasteiger partial charge is 0.248 e. The maximum absolute atomic E-state index is 12.8. The van der Waals surface area contributed by atoms with E-state index in [0.29, 0.717) is 24.0 Å². The van der Waals surface area contributed by atoms with Crippen LogP contribution in [0.15, 0.2) is 0 Å². The molecule has 1 N–H and O–H groups in total. The Morgan fingerprint density at radius 3 is 2.65 bits per heavy atom. The van der Waals surface area contributed by atoms with Crippen molar-refractivity contribution in [2.45, 2.75) is 75.2 Å². The van der Waals surface area contributed by atoms with Gasteiger partial charge in [0, 0.05) is 24.4 Å². The highest BCUT2D eigenvalue weighted by atomic mass is 32.2. The zero-order valence-corrected chi connectivity index (χ0v) is 15.1. The average molecular weight is 341 g/mol. The summed E-state index contributed by atoms with van der Waals surface area (Å²) in [6.45, 7) is 3.25. The van der Waals surface area contributed by atoms with Gasteiger partial charge in [-0.15, -0.1) is 0 Å². The molecule has 2 heterocycles. The molecule has 3 fully saturated rings. The molecule has 4 nitrogen and oxygen atoms in total. The predicted octanol–water partition coefficient (Wildman–Crippen LogP) is 2.81. The van der Waals surface area contributed by atoms with Gasteiger partial charge in [-0.3, -0.25) is 4.79 Å². The summed E-state index contributed by atoms with van der Waals surface area (Å²) >= 11 is 2.04. The molecule has 2 aliphatic heterocycles. The Kier molecular flexibility index (Phi) is 7.09. The van der Waals surface area contributed by atoms with Crippen LogP contribution in [0.5, 0.6) is 0 Å². The lowest BCUT2D eigenvalue weighted by molar-refractivity contribution is -0.141. The summed E-state index contributed by atoms with van der Waals surface area (Å²) in [7, 11) is 0. The van der Waals surface area contributed by atoms with Crippen LogP contribution < -0.4 is 5.32 Å². The highest BCUT2D eigenvalue weighted by molar-refractivity contribution is 8.00. The Morgan fingerprint density at radius 2 is 1.96 bits per heavy atom. The summed E-state index contributed by atoms with van der Waals surface area (Å²) in [6.07, 6.45) is 11.3. The summed E-state index contributed by atoms with van der Waals surface area (Å²) in [5, 5.41) is 4.09. The number of hydrogen-bond donors (Lipinski definition) is 1. The first-order valence-corrected chi connectivity index (χ1v) is 10.6. The molecule has 1 amide bonds. The number of thioether (sulfide) groups is 1. The molecule has 0 aromatic heterocycles. The number of amides is 1. The van der Waals surface area contributed by atoms with Gasteiger partial charge in [-0.25, -0.2) is 0 Å². The van der Waals surface area contributed by atoms with Gasteiger partial charge in [0.2, 0.25) is 5.91 Å². The Labute approximate surface area is 145 Å². The predicted molar refractivity (Wildman–Crippen MR) is 95.9 cm³/mol. The van der Waals surface area contributed by atoms with Gasteiger partial charge >= 0.3 is 0 Å². The highest BCUT2D eigenvalue weighted by Gasteiger charge is 2.29. The van der Waals surface area contributed by atoms with Crippen molar-refractivity contribution in [1.29, 1.82) is 0 Å². The van der Waals surface area contributed by atoms with E-state index < -0.39 is 0 Å². The van der Waals surface area contributed by atoms with E-state index in [2.05, 4.69) is 10.2 Å². The third-order valence-electron chi connectivity index (χ3n) is 5.45. The molecule has 0 aromatic carbocycles. The van der Waals surface area contributed by atoms with Gasteiger partial charge in [-0.1, -0.05) is 19.3 Å². The van der Waals surface area contributed by atoms with E-state index in [-0.39, 0.29) is 5.91 Å². The normalized spacial score (nSPS) is 29.6. The molecule has 1 aliphatic carbocycles. The van der Waals surface area contributed by atoms with Crippen LogP contribution in [0, 0.1) is 0 Å². The van der Waals surface area contributed by atoms with E-state index in [0.717, 1.165) is 38.9 Å². The van der Waals surface area contributed by atoms with Crippen molar-refractivity contribution in [1.82, 2.24) is 10.2 Å². The molecule has 23 heavy (non-hydrogen) atoms. The Bertz CT molecular complexity index is 362. The van der Waals surface area contributed by atoms with Crippen molar-refractivity contribution < 1.29 is 9.53 Å². The largest absolute Gasteiger partial charge is 0.368 e. The molecular weight excluding hydrogens is 308 g/mol. The van der Waals surface area contributed by atoms with Crippen LogP contribution in [-0.4, -0.2) is 60.2 Å². The summed E-state index contributed by atoms with van der Waals surface area (Å²) in [4.78, 5) is 15.0. The molecule has 132 valence electrons. The number of nitrogens with zero attached hydrogens (tertiary/aromatic N) is 1. The zero-order chi connectivity index (χ0) is 15.9. The van der Waals surface area contributed by atoms with Crippen LogP contribution in [0.2, 0.25) is 0 Å². The summed E-state index contributed by atoms with van der Waals surface area (Å²) in [6, 6.07) is 0.368. The van der Waals surface area contributed by atoms with Crippen molar-refractivity contribution >= 4 is 17.7 Å². The Hall–Kier alpha value is -0.260. The summed E-state index contributed by atoms with van der Waals surface area (Å²) in [5.41, 5.74) is 0. The molecule has 5 heteroatoms. The van der Waals surface area contributed by atoms with Crippen LogP contribution >= 0.6 is 11.8 Å². The van der Waals surface area contributed by atoms with Gasteiger partial charge in [-0.2, -0.15) is 11.8 Å². The Balaban J connectivity index is 1.52. The van der Waals surface area contributed by atoms with Crippen LogP contribution in [0.1, 0.15) is 57.8 Å². The summed E-state index contributed by atoms with van der Waals surface area (Å²) in [5.74, 6) is 1.48. The van der Waals surface area contributed by atoms with Gasteiger partial charge < -0.3 is 15.0 Å². The minimum Gasteiger partial charge on any atom is -0.368 e. The molecule has 0 aromatic rings. The van der Waals surface area contributed by atoms with Crippen molar-refractivity contribution in [3.05, 3.63) is 0 Å². The van der Waals surface area contributed by atoms with E-state index >= 15 is 0 Å². The second kappa shape index (κ2) is 9.28. The molecule has 2 saturated heterocycles. The fourth-order valence-electron chi connectivity index (χ4n) is 4.07. The maximum Gasteiger partial charge on any atom is 0.248 e. The molecular formula is C18H32N2O2S. The van der Waals surface area contributed by atoms with E-state index in [1.165, 1.54) is 44.3 Å². The quantitative estimate of drug-likeness (QED) is 0.807. The SMILES string of the molecule is O=C(COC1CCCCC1)N(CC1CCCS1)C1CCCNC1. The van der Waals surface area contributed by atoms with Crippen molar-refractivity contribution in [3.63, 3.8) is 0 Å². The number of carbonyl (C=O) groups excluding carboxylic acids is 1. The molecule has 1 saturated carbocycles. The fraction of sp³-hybridized carbons (Fsp3) is 0.944. The number of carbonyl (C=O) groups is 1. The van der Waals surface area contributed by atoms with Crippen LogP contribution in [-0.2, 0) is 9.53 Å². The highest BCUT2D eigenvalue weighted by Crippen LogP contribution is 2.28. The van der Waals surface area contributed by atoms with Crippen molar-refractivity contribution in [3.8, 4) is 0 Å². The van der Waals surface area contributed by atoms with E-state index in [4.69, 9.17) is 4.74 Å². The van der Waals surface area contributed by atoms with Gasteiger partial charge in [0.25, 0.3) is 0 Å². The molecule has 3 aliphatic rings. The van der Waals surface area contributed by atoms with Crippen LogP contribution in [0.25, 0.3) is 0 Å². The van der Waals surface area contributed by atoms with Gasteiger partial charge in [-0.05, 0) is 50.8 Å². The third kappa shape index (κ3) is 5.36. The molecule has 0 spiro atoms. The lowest BCUT2D eigenvalue weighted by Crippen LogP contribution is -2.51. The lowest BCUT2D eigenvalue weighted by atomic mass is 9.98. The van der Waals surface area contributed by atoms with Crippen molar-refractivity contribution in [2.24, 2.45) is 0 Å². The molecule has 2 atom stereocenters. The first-order valence-electron chi connectivity index (χ1n) is 9.56. The third-order valence-corrected chi connectivity index (χ3v) is 6.83. The summed E-state index contributed by atoms with van der Waals surface area (Å²) < 4.78 is 5.96. The van der Waals surface area contributed by atoms with Gasteiger partial charge in [0.1, 0.15) is 6.61 Å². The number of nitrogens with one attached hydrogen (secondary N) is 1. The number of hydrogen-bond acceptors (Lipinski definition) is 4. The average Bonchev–Trinajstić information content (AvgIpc) is 3.12. The minimum absolute atomic E-state index is 0.219. The molecule has 0 bridgehead atoms. The molecule has 2 unspecified atom stereocenters. The topological polar surface area (TPSA) is 41.6 Å². The number of piperidine rings is 1. The second-order valence-corrected chi connectivity index (χ2v) is 8.66. The van der Waals surface area contributed by atoms with Crippen LogP contribution in [0.3, 0.4) is 0 Å².